The summed E-state index contributed by atoms with van der Waals surface area (Å²) in [6.07, 6.45) is 0. The van der Waals surface area contributed by atoms with Gasteiger partial charge in [-0.05, 0) is 136 Å². The molecule has 0 N–H and O–H groups in total. The Morgan fingerprint density at radius 1 is 0.574 bits per heavy atom. The molecule has 0 unspecified atom stereocenters. The molecule has 0 atom stereocenters. The lowest BCUT2D eigenvalue weighted by molar-refractivity contribution is 0.00578. The van der Waals surface area contributed by atoms with Gasteiger partial charge in [-0.2, -0.15) is 10.5 Å². The molecule has 0 aliphatic carbocycles. The quantitative estimate of drug-likeness (QED) is 0.257. The van der Waals surface area contributed by atoms with Gasteiger partial charge in [0.2, 0.25) is 0 Å². The van der Waals surface area contributed by atoms with Crippen molar-refractivity contribution >= 4 is 42.2 Å². The predicted octanol–water partition coefficient (Wildman–Crippen LogP) is 7.72. The van der Waals surface area contributed by atoms with E-state index in [4.69, 9.17) is 23.9 Å². The maximum atomic E-state index is 9.64. The zero-order valence-corrected chi connectivity index (χ0v) is 30.1. The molecular weight excluding hydrogens is 584 g/mol. The molecule has 2 aliphatic rings. The van der Waals surface area contributed by atoms with Crippen molar-refractivity contribution < 1.29 is 18.6 Å². The molecule has 9 heteroatoms. The van der Waals surface area contributed by atoms with Gasteiger partial charge in [0.1, 0.15) is 0 Å². The maximum Gasteiger partial charge on any atom is 0.494 e. The first-order chi connectivity index (χ1) is 21.7. The van der Waals surface area contributed by atoms with Crippen LogP contribution in [0.15, 0.2) is 72.8 Å². The predicted molar refractivity (Wildman–Crippen MR) is 192 cm³/mol. The number of anilines is 3. The summed E-state index contributed by atoms with van der Waals surface area (Å²) in [5.74, 6) is 0.190. The van der Waals surface area contributed by atoms with Crippen molar-refractivity contribution in [2.24, 2.45) is 5.92 Å². The number of nitrogens with zero attached hydrogens (tertiary/aromatic N) is 3. The number of hydrogen-bond acceptors (Lipinski definition) is 7. The summed E-state index contributed by atoms with van der Waals surface area (Å²) in [6.45, 7) is 24.1. The van der Waals surface area contributed by atoms with Crippen molar-refractivity contribution in [3.05, 3.63) is 78.4 Å². The van der Waals surface area contributed by atoms with Crippen LogP contribution in [0.1, 0.15) is 88.6 Å². The van der Waals surface area contributed by atoms with Gasteiger partial charge in [-0.25, -0.2) is 0 Å². The van der Waals surface area contributed by atoms with Crippen molar-refractivity contribution in [1.82, 2.24) is 0 Å². The molecule has 47 heavy (non-hydrogen) atoms. The van der Waals surface area contributed by atoms with E-state index in [1.807, 2.05) is 45.9 Å². The van der Waals surface area contributed by atoms with Gasteiger partial charge in [-0.15, -0.1) is 0 Å². The molecule has 0 amide bonds. The van der Waals surface area contributed by atoms with Crippen molar-refractivity contribution in [3.63, 3.8) is 0 Å². The molecule has 0 spiro atoms. The van der Waals surface area contributed by atoms with Gasteiger partial charge in [0, 0.05) is 23.0 Å². The van der Waals surface area contributed by atoms with Crippen LogP contribution in [0.3, 0.4) is 0 Å². The van der Waals surface area contributed by atoms with Crippen molar-refractivity contribution in [2.45, 2.75) is 111 Å². The largest absolute Gasteiger partial charge is 0.494 e. The fourth-order valence-electron chi connectivity index (χ4n) is 5.06. The van der Waals surface area contributed by atoms with Gasteiger partial charge in [-0.1, -0.05) is 36.4 Å². The Morgan fingerprint density at radius 2 is 0.851 bits per heavy atom. The summed E-state index contributed by atoms with van der Waals surface area (Å²) in [6, 6.07) is 29.3. The van der Waals surface area contributed by atoms with E-state index in [1.165, 1.54) is 0 Å². The Labute approximate surface area is 283 Å². The third-order valence-corrected chi connectivity index (χ3v) is 9.74. The van der Waals surface area contributed by atoms with Crippen molar-refractivity contribution in [1.29, 1.82) is 10.5 Å². The van der Waals surface area contributed by atoms with E-state index in [-0.39, 0.29) is 5.92 Å². The smallest absolute Gasteiger partial charge is 0.399 e. The minimum absolute atomic E-state index is 0.190. The lowest BCUT2D eigenvalue weighted by atomic mass is 9.79. The molecule has 2 saturated heterocycles. The van der Waals surface area contributed by atoms with Crippen LogP contribution < -0.4 is 15.8 Å². The number of benzene rings is 3. The van der Waals surface area contributed by atoms with E-state index in [0.717, 1.165) is 33.6 Å². The average molecular weight is 633 g/mol. The lowest BCUT2D eigenvalue weighted by Crippen LogP contribution is -2.41. The normalized spacial score (nSPS) is 19.0. The molecule has 246 valence electrons. The van der Waals surface area contributed by atoms with E-state index < -0.39 is 42.1 Å². The molecule has 5 rings (SSSR count). The summed E-state index contributed by atoms with van der Waals surface area (Å²) in [5, 5.41) is 17.5. The Kier molecular flexibility index (Phi) is 10.1. The first kappa shape index (κ1) is 36.2. The minimum atomic E-state index is -0.571. The van der Waals surface area contributed by atoms with E-state index in [9.17, 15) is 5.26 Å². The highest BCUT2D eigenvalue weighted by Crippen LogP contribution is 2.39. The highest BCUT2D eigenvalue weighted by atomic mass is 16.7. The summed E-state index contributed by atoms with van der Waals surface area (Å²) in [5.41, 5.74) is 3.70. The summed E-state index contributed by atoms with van der Waals surface area (Å²) >= 11 is 0. The van der Waals surface area contributed by atoms with Gasteiger partial charge in [0.05, 0.1) is 40.0 Å². The Hall–Kier alpha value is -3.59. The molecule has 0 radical (unpaired) electrons. The highest BCUT2D eigenvalue weighted by molar-refractivity contribution is 6.62. The van der Waals surface area contributed by atoms with Crippen LogP contribution in [0.2, 0.25) is 0 Å². The molecule has 2 heterocycles. The van der Waals surface area contributed by atoms with Crippen LogP contribution in [0.25, 0.3) is 0 Å². The first-order valence-electron chi connectivity index (χ1n) is 16.4. The average Bonchev–Trinajstić information content (AvgIpc) is 3.37. The molecule has 2 fully saturated rings. The summed E-state index contributed by atoms with van der Waals surface area (Å²) in [7, 11) is -0.853. The zero-order valence-electron chi connectivity index (χ0n) is 30.1. The van der Waals surface area contributed by atoms with Crippen LogP contribution in [0.4, 0.5) is 17.1 Å². The Bertz CT molecular complexity index is 1510. The molecule has 3 aromatic carbocycles. The van der Waals surface area contributed by atoms with Crippen LogP contribution in [-0.4, -0.2) is 36.6 Å². The summed E-state index contributed by atoms with van der Waals surface area (Å²) < 4.78 is 25.1. The molecule has 2 aliphatic heterocycles. The van der Waals surface area contributed by atoms with Crippen molar-refractivity contribution in [2.75, 3.05) is 4.90 Å². The van der Waals surface area contributed by atoms with Gasteiger partial charge < -0.3 is 23.5 Å². The second kappa shape index (κ2) is 13.1. The molecule has 7 nitrogen and oxygen atoms in total. The SMILES string of the molecule is CC(C)(C#N)c1ccc(N(c2ccc(B3OC(C)(C)C(C)(C)O3)cc2)c2ccc(B3OC(C)(C)C(C)(C)O3)cc2)cc1.CC(C)C#N. The maximum absolute atomic E-state index is 9.64. The fourth-order valence-corrected chi connectivity index (χ4v) is 5.06. The topological polar surface area (TPSA) is 87.7 Å². The Balaban J connectivity index is 0.000000930. The van der Waals surface area contributed by atoms with Gasteiger partial charge >= 0.3 is 14.2 Å². The van der Waals surface area contributed by atoms with Crippen LogP contribution in [-0.2, 0) is 24.0 Å². The van der Waals surface area contributed by atoms with E-state index in [1.54, 1.807) is 0 Å². The number of hydrogen-bond donors (Lipinski definition) is 0. The second-order valence-electron chi connectivity index (χ2n) is 15.3. The highest BCUT2D eigenvalue weighted by Gasteiger charge is 2.52. The molecule has 0 saturated carbocycles. The third kappa shape index (κ3) is 7.61. The van der Waals surface area contributed by atoms with Gasteiger partial charge in [0.15, 0.2) is 0 Å². The van der Waals surface area contributed by atoms with Crippen molar-refractivity contribution in [3.8, 4) is 12.1 Å². The molecule has 0 bridgehead atoms. The first-order valence-corrected chi connectivity index (χ1v) is 16.4. The molecule has 3 aromatic rings. The Morgan fingerprint density at radius 3 is 1.11 bits per heavy atom. The van der Waals surface area contributed by atoms with E-state index in [2.05, 4.69) is 127 Å². The third-order valence-electron chi connectivity index (χ3n) is 9.74. The van der Waals surface area contributed by atoms with Gasteiger partial charge in [-0.3, -0.25) is 0 Å². The monoisotopic (exact) mass is 633 g/mol. The zero-order chi connectivity index (χ0) is 35.0. The number of rotatable bonds is 6. The number of nitriles is 2. The molecule has 0 aromatic heterocycles. The van der Waals surface area contributed by atoms with Crippen LogP contribution >= 0.6 is 0 Å². The fraction of sp³-hybridized carbons (Fsp3) is 0.474. The van der Waals surface area contributed by atoms with E-state index >= 15 is 0 Å². The van der Waals surface area contributed by atoms with Crippen LogP contribution in [0.5, 0.6) is 0 Å². The van der Waals surface area contributed by atoms with E-state index in [0.29, 0.717) is 0 Å². The second-order valence-corrected chi connectivity index (χ2v) is 15.3. The minimum Gasteiger partial charge on any atom is -0.399 e. The standard InChI is InChI=1S/C34H42B2N2O4.C4H7N/c1-30(2,23-37)24-11-17-27(18-12-24)38(28-19-13-25(14-20-28)35-39-31(3,4)32(5,6)40-35)29-21-15-26(16-22-29)36-41-33(7,8)34(9,10)42-36;1-4(2)3-5/h11-22H,1-10H3;4H,1-2H3. The summed E-state index contributed by atoms with van der Waals surface area (Å²) in [4.78, 5) is 2.20. The lowest BCUT2D eigenvalue weighted by Gasteiger charge is -2.32. The van der Waals surface area contributed by atoms with Gasteiger partial charge in [0.25, 0.3) is 0 Å². The molecular formula is C38H49B2N3O4. The van der Waals surface area contributed by atoms with Crippen LogP contribution in [0, 0.1) is 28.6 Å².